The van der Waals surface area contributed by atoms with Crippen LogP contribution < -0.4 is 15.1 Å². The molecule has 3 aromatic rings. The van der Waals surface area contributed by atoms with Gasteiger partial charge in [0.15, 0.2) is 0 Å². The Hall–Kier alpha value is -3.55. The number of likely N-dealkylation sites (tertiary alicyclic amines) is 1. The van der Waals surface area contributed by atoms with Crippen molar-refractivity contribution in [2.75, 3.05) is 13.7 Å². The van der Waals surface area contributed by atoms with Crippen LogP contribution in [0.25, 0.3) is 21.7 Å². The molecule has 1 aromatic heterocycles. The maximum atomic E-state index is 13.0. The van der Waals surface area contributed by atoms with Crippen LogP contribution in [0, 0.1) is 6.92 Å². The van der Waals surface area contributed by atoms with E-state index in [1.165, 1.54) is 12.0 Å². The van der Waals surface area contributed by atoms with Crippen molar-refractivity contribution in [2.24, 2.45) is 0 Å². The van der Waals surface area contributed by atoms with Crippen molar-refractivity contribution in [3.63, 3.8) is 0 Å². The van der Waals surface area contributed by atoms with E-state index in [1.54, 1.807) is 58.0 Å². The molecule has 1 amide bonds. The third kappa shape index (κ3) is 4.37. The molecule has 1 unspecified atom stereocenters. The van der Waals surface area contributed by atoms with Gasteiger partial charge >= 0.3 is 17.7 Å². The lowest BCUT2D eigenvalue weighted by Crippen LogP contribution is -2.44. The summed E-state index contributed by atoms with van der Waals surface area (Å²) in [5, 5.41) is 1.85. The number of hydrogen-bond acceptors (Lipinski definition) is 7. The quantitative estimate of drug-likeness (QED) is 0.248. The normalized spacial score (nSPS) is 16.3. The second-order valence-electron chi connectivity index (χ2n) is 9.12. The van der Waals surface area contributed by atoms with Gasteiger partial charge in [-0.05, 0) is 70.9 Å². The van der Waals surface area contributed by atoms with E-state index in [0.29, 0.717) is 41.7 Å². The number of nitrogens with zero attached hydrogens (tertiary/aromatic N) is 1. The Morgan fingerprint density at radius 3 is 2.52 bits per heavy atom. The number of amides is 1. The van der Waals surface area contributed by atoms with Gasteiger partial charge < -0.3 is 18.6 Å². The van der Waals surface area contributed by atoms with Gasteiger partial charge in [-0.1, -0.05) is 0 Å². The smallest absolute Gasteiger partial charge is 0.411 e. The predicted octanol–water partition coefficient (Wildman–Crippen LogP) is 4.57. The minimum Gasteiger partial charge on any atom is -0.497 e. The van der Waals surface area contributed by atoms with E-state index in [9.17, 15) is 14.4 Å². The van der Waals surface area contributed by atoms with Crippen LogP contribution >= 0.6 is 0 Å². The van der Waals surface area contributed by atoms with Crippen molar-refractivity contribution in [2.45, 2.75) is 52.2 Å². The zero-order valence-corrected chi connectivity index (χ0v) is 19.4. The molecule has 174 valence electrons. The van der Waals surface area contributed by atoms with Crippen LogP contribution in [0.3, 0.4) is 0 Å². The van der Waals surface area contributed by atoms with Gasteiger partial charge in [-0.3, -0.25) is 4.90 Å². The van der Waals surface area contributed by atoms with E-state index in [4.69, 9.17) is 18.6 Å². The van der Waals surface area contributed by atoms with Gasteiger partial charge in [0, 0.05) is 22.9 Å². The fourth-order valence-corrected chi connectivity index (χ4v) is 4.06. The van der Waals surface area contributed by atoms with Gasteiger partial charge in [0.05, 0.1) is 12.5 Å². The molecular formula is C25H27NO7. The summed E-state index contributed by atoms with van der Waals surface area (Å²) in [5.74, 6) is 0.288. The number of aryl methyl sites for hydroxylation is 1. The first-order valence-corrected chi connectivity index (χ1v) is 10.8. The molecule has 1 aliphatic rings. The number of esters is 1. The molecule has 1 atom stereocenters. The fourth-order valence-electron chi connectivity index (χ4n) is 4.06. The number of benzene rings is 2. The number of carbonyl (C=O) groups excluding carboxylic acids is 2. The van der Waals surface area contributed by atoms with Crippen LogP contribution in [0.5, 0.6) is 11.5 Å². The van der Waals surface area contributed by atoms with Gasteiger partial charge in [0.1, 0.15) is 28.7 Å². The highest BCUT2D eigenvalue weighted by atomic mass is 16.6. The fraction of sp³-hybridized carbons (Fsp3) is 0.400. The highest BCUT2D eigenvalue weighted by Gasteiger charge is 2.38. The number of hydrogen-bond donors (Lipinski definition) is 0. The van der Waals surface area contributed by atoms with Crippen LogP contribution in [-0.4, -0.2) is 42.3 Å². The molecule has 0 saturated carbocycles. The molecule has 0 bridgehead atoms. The van der Waals surface area contributed by atoms with E-state index in [0.717, 1.165) is 10.8 Å². The first-order valence-electron chi connectivity index (χ1n) is 10.8. The number of carbonyl (C=O) groups is 2. The zero-order chi connectivity index (χ0) is 23.9. The van der Waals surface area contributed by atoms with Crippen LogP contribution in [0.4, 0.5) is 4.79 Å². The predicted molar refractivity (Wildman–Crippen MR) is 123 cm³/mol. The van der Waals surface area contributed by atoms with Gasteiger partial charge in [0.25, 0.3) is 0 Å². The monoisotopic (exact) mass is 453 g/mol. The van der Waals surface area contributed by atoms with E-state index < -0.39 is 29.3 Å². The first kappa shape index (κ1) is 22.6. The molecule has 0 radical (unpaired) electrons. The summed E-state index contributed by atoms with van der Waals surface area (Å²) in [6, 6.07) is 7.90. The van der Waals surface area contributed by atoms with Gasteiger partial charge in [-0.25, -0.2) is 14.4 Å². The third-order valence-electron chi connectivity index (χ3n) is 5.65. The number of rotatable bonds is 3. The Bertz CT molecular complexity index is 1300. The molecule has 33 heavy (non-hydrogen) atoms. The molecule has 1 aliphatic heterocycles. The molecule has 2 heterocycles. The van der Waals surface area contributed by atoms with Crippen molar-refractivity contribution in [1.29, 1.82) is 0 Å². The van der Waals surface area contributed by atoms with Crippen LogP contribution in [0.2, 0.25) is 0 Å². The highest BCUT2D eigenvalue weighted by Crippen LogP contribution is 2.33. The zero-order valence-electron chi connectivity index (χ0n) is 19.4. The average molecular weight is 453 g/mol. The molecule has 0 N–H and O–H groups in total. The van der Waals surface area contributed by atoms with Crippen molar-refractivity contribution < 1.29 is 28.2 Å². The highest BCUT2D eigenvalue weighted by molar-refractivity contribution is 6.06. The summed E-state index contributed by atoms with van der Waals surface area (Å²) in [5.41, 5.74) is -0.293. The Morgan fingerprint density at radius 2 is 1.82 bits per heavy atom. The lowest BCUT2D eigenvalue weighted by atomic mass is 10.0. The minimum absolute atomic E-state index is 0.277. The molecule has 1 fully saturated rings. The second kappa shape index (κ2) is 8.42. The molecule has 8 heteroatoms. The lowest BCUT2D eigenvalue weighted by molar-refractivity contribution is -0.139. The molecule has 2 aromatic carbocycles. The molecule has 4 rings (SSSR count). The standard InChI is InChI=1S/C25H27NO7/c1-14-20(31-23(28)19-7-6-12-26(19)24(29)33-25(2,3)4)11-10-17-16-9-8-15(30-5)13-18(16)22(27)32-21(14)17/h8-11,13,19H,6-7,12H2,1-5H3. The largest absolute Gasteiger partial charge is 0.497 e. The summed E-state index contributed by atoms with van der Waals surface area (Å²) >= 11 is 0. The summed E-state index contributed by atoms with van der Waals surface area (Å²) in [6.45, 7) is 7.49. The van der Waals surface area contributed by atoms with Crippen molar-refractivity contribution >= 4 is 33.8 Å². The summed E-state index contributed by atoms with van der Waals surface area (Å²) in [6.07, 6.45) is 0.636. The minimum atomic E-state index is -0.731. The van der Waals surface area contributed by atoms with Crippen LogP contribution in [0.15, 0.2) is 39.5 Å². The SMILES string of the molecule is COc1ccc2c(c1)c(=O)oc1c(C)c(OC(=O)C3CCCN3C(=O)OC(C)(C)C)ccc12. The van der Waals surface area contributed by atoms with Gasteiger partial charge in [-0.2, -0.15) is 0 Å². The third-order valence-corrected chi connectivity index (χ3v) is 5.65. The maximum absolute atomic E-state index is 13.0. The van der Waals surface area contributed by atoms with E-state index >= 15 is 0 Å². The molecule has 1 saturated heterocycles. The first-order chi connectivity index (χ1) is 15.6. The molecule has 8 nitrogen and oxygen atoms in total. The lowest BCUT2D eigenvalue weighted by Gasteiger charge is -2.27. The van der Waals surface area contributed by atoms with Gasteiger partial charge in [0.2, 0.25) is 0 Å². The summed E-state index contributed by atoms with van der Waals surface area (Å²) in [4.78, 5) is 39.5. The average Bonchev–Trinajstić information content (AvgIpc) is 3.25. The van der Waals surface area contributed by atoms with E-state index in [-0.39, 0.29) is 5.75 Å². The number of fused-ring (bicyclic) bond motifs is 3. The summed E-state index contributed by atoms with van der Waals surface area (Å²) in [7, 11) is 1.53. The topological polar surface area (TPSA) is 95.3 Å². The van der Waals surface area contributed by atoms with Crippen LogP contribution in [-0.2, 0) is 9.53 Å². The van der Waals surface area contributed by atoms with Crippen molar-refractivity contribution in [3.05, 3.63) is 46.3 Å². The molecule has 0 aliphatic carbocycles. The Balaban J connectivity index is 1.64. The molecular weight excluding hydrogens is 426 g/mol. The van der Waals surface area contributed by atoms with Crippen molar-refractivity contribution in [3.8, 4) is 11.5 Å². The van der Waals surface area contributed by atoms with Gasteiger partial charge in [-0.15, -0.1) is 0 Å². The molecule has 0 spiro atoms. The van der Waals surface area contributed by atoms with E-state index in [2.05, 4.69) is 0 Å². The second-order valence-corrected chi connectivity index (χ2v) is 9.12. The Kier molecular flexibility index (Phi) is 5.78. The maximum Gasteiger partial charge on any atom is 0.411 e. The number of methoxy groups -OCH3 is 1. The Morgan fingerprint density at radius 1 is 1.09 bits per heavy atom. The number of ether oxygens (including phenoxy) is 3. The van der Waals surface area contributed by atoms with Crippen LogP contribution in [0.1, 0.15) is 39.2 Å². The van der Waals surface area contributed by atoms with E-state index in [1.807, 2.05) is 0 Å². The van der Waals surface area contributed by atoms with Crippen molar-refractivity contribution in [1.82, 2.24) is 4.90 Å². The Labute approximate surface area is 191 Å². The summed E-state index contributed by atoms with van der Waals surface area (Å²) < 4.78 is 21.9.